The van der Waals surface area contributed by atoms with Gasteiger partial charge in [-0.3, -0.25) is 9.59 Å². The molecule has 6 rings (SSSR count). The highest BCUT2D eigenvalue weighted by Gasteiger charge is 2.20. The summed E-state index contributed by atoms with van der Waals surface area (Å²) in [6.45, 7) is 0. The number of H-pyrrole nitrogens is 2. The molecule has 0 saturated carbocycles. The molecule has 8 nitrogen and oxygen atoms in total. The van der Waals surface area contributed by atoms with Crippen LogP contribution in [0.5, 0.6) is 0 Å². The van der Waals surface area contributed by atoms with E-state index in [4.69, 9.17) is 23.2 Å². The summed E-state index contributed by atoms with van der Waals surface area (Å²) < 4.78 is 1.73. The lowest BCUT2D eigenvalue weighted by atomic mass is 10.1. The molecule has 0 radical (unpaired) electrons. The SMILES string of the molecule is Cn1c(Nc2c(Cl)cccc2Cl)nc2ccc3nc(C(=O)c4c[nH]c5ccccc45)[nH]c(=O)c3c21. The average Bonchev–Trinajstić information content (AvgIpc) is 3.42. The van der Waals surface area contributed by atoms with Crippen molar-refractivity contribution in [3.8, 4) is 0 Å². The molecule has 0 amide bonds. The van der Waals surface area contributed by atoms with Crippen LogP contribution in [0.2, 0.25) is 10.0 Å². The Labute approximate surface area is 207 Å². The Bertz CT molecular complexity index is 1850. The molecule has 0 saturated heterocycles. The number of carbonyl (C=O) groups is 1. The fourth-order valence-electron chi connectivity index (χ4n) is 4.27. The number of nitrogens with zero attached hydrogens (tertiary/aromatic N) is 3. The van der Waals surface area contributed by atoms with Gasteiger partial charge in [0.2, 0.25) is 11.7 Å². The number of halogens is 2. The van der Waals surface area contributed by atoms with E-state index in [0.29, 0.717) is 49.2 Å². The zero-order chi connectivity index (χ0) is 24.3. The standard InChI is InChI=1S/C25H16Cl2N6O2/c1-33-21-18(30-25(33)31-20-14(26)6-4-7-15(20)27)10-9-17-19(21)24(35)32-23(29-17)22(34)13-11-28-16-8-3-2-5-12(13)16/h2-11,28H,1H3,(H,30,31)(H,29,32,35). The van der Waals surface area contributed by atoms with Gasteiger partial charge in [-0.1, -0.05) is 47.5 Å². The van der Waals surface area contributed by atoms with Crippen LogP contribution >= 0.6 is 23.2 Å². The number of para-hydroxylation sites is 2. The minimum atomic E-state index is -0.436. The summed E-state index contributed by atoms with van der Waals surface area (Å²) >= 11 is 12.6. The van der Waals surface area contributed by atoms with Gasteiger partial charge in [0.25, 0.3) is 5.56 Å². The summed E-state index contributed by atoms with van der Waals surface area (Å²) in [6, 6.07) is 16.1. The summed E-state index contributed by atoms with van der Waals surface area (Å²) in [5, 5.41) is 5.11. The zero-order valence-electron chi connectivity index (χ0n) is 18.2. The number of hydrogen-bond donors (Lipinski definition) is 3. The van der Waals surface area contributed by atoms with Crippen LogP contribution in [0.15, 0.2) is 65.6 Å². The Balaban J connectivity index is 1.48. The van der Waals surface area contributed by atoms with Crippen molar-refractivity contribution in [2.24, 2.45) is 7.05 Å². The van der Waals surface area contributed by atoms with Gasteiger partial charge in [0.15, 0.2) is 5.82 Å². The molecule has 3 aromatic heterocycles. The van der Waals surface area contributed by atoms with Crippen molar-refractivity contribution >= 4 is 73.5 Å². The molecule has 0 aliphatic heterocycles. The number of aromatic amines is 2. The van der Waals surface area contributed by atoms with Crippen LogP contribution in [0.25, 0.3) is 32.8 Å². The first kappa shape index (κ1) is 21.4. The van der Waals surface area contributed by atoms with Crippen molar-refractivity contribution in [2.45, 2.75) is 0 Å². The quantitative estimate of drug-likeness (QED) is 0.273. The third-order valence-corrected chi connectivity index (χ3v) is 6.58. The van der Waals surface area contributed by atoms with Crippen molar-refractivity contribution in [3.05, 3.63) is 92.6 Å². The molecule has 0 fully saturated rings. The first-order valence-corrected chi connectivity index (χ1v) is 11.4. The number of nitrogens with one attached hydrogen (secondary N) is 3. The third kappa shape index (κ3) is 3.38. The van der Waals surface area contributed by atoms with Crippen LogP contribution in [-0.2, 0) is 7.05 Å². The van der Waals surface area contributed by atoms with Crippen LogP contribution in [0.3, 0.4) is 0 Å². The number of hydrogen-bond acceptors (Lipinski definition) is 5. The largest absolute Gasteiger partial charge is 0.360 e. The van der Waals surface area contributed by atoms with E-state index in [1.165, 1.54) is 0 Å². The number of benzene rings is 3. The minimum Gasteiger partial charge on any atom is -0.360 e. The van der Waals surface area contributed by atoms with Crippen molar-refractivity contribution < 1.29 is 4.79 Å². The number of aromatic nitrogens is 5. The predicted octanol–water partition coefficient (Wildman–Crippen LogP) is 5.57. The molecule has 0 unspecified atom stereocenters. The highest BCUT2D eigenvalue weighted by Crippen LogP contribution is 2.34. The number of ketones is 1. The van der Waals surface area contributed by atoms with Crippen LogP contribution in [0, 0.1) is 0 Å². The fourth-order valence-corrected chi connectivity index (χ4v) is 4.76. The van der Waals surface area contributed by atoms with E-state index in [1.807, 2.05) is 24.3 Å². The van der Waals surface area contributed by atoms with Crippen LogP contribution in [-0.4, -0.2) is 30.3 Å². The molecule has 3 N–H and O–H groups in total. The van der Waals surface area contributed by atoms with Gasteiger partial charge in [0, 0.05) is 24.1 Å². The molecule has 172 valence electrons. The number of carbonyl (C=O) groups excluding carboxylic acids is 1. The maximum absolute atomic E-state index is 13.2. The molecule has 0 spiro atoms. The number of aryl methyl sites for hydroxylation is 1. The molecule has 6 aromatic rings. The Morgan fingerprint density at radius 2 is 1.71 bits per heavy atom. The summed E-state index contributed by atoms with van der Waals surface area (Å²) in [4.78, 5) is 41.3. The zero-order valence-corrected chi connectivity index (χ0v) is 19.7. The molecule has 0 aliphatic rings. The van der Waals surface area contributed by atoms with Crippen LogP contribution in [0.1, 0.15) is 16.2 Å². The number of rotatable bonds is 4. The minimum absolute atomic E-state index is 0.0324. The van der Waals surface area contributed by atoms with Gasteiger partial charge in [-0.05, 0) is 30.3 Å². The Hall–Kier alpha value is -4.14. The van der Waals surface area contributed by atoms with E-state index < -0.39 is 5.56 Å². The Kier molecular flexibility index (Phi) is 4.87. The Morgan fingerprint density at radius 3 is 2.51 bits per heavy atom. The molecule has 35 heavy (non-hydrogen) atoms. The Morgan fingerprint density at radius 1 is 0.971 bits per heavy atom. The molecular formula is C25H16Cl2N6O2. The summed E-state index contributed by atoms with van der Waals surface area (Å²) in [5.74, 6) is 0.0399. The van der Waals surface area contributed by atoms with E-state index in [-0.39, 0.29) is 11.6 Å². The first-order chi connectivity index (χ1) is 16.9. The maximum atomic E-state index is 13.2. The maximum Gasteiger partial charge on any atom is 0.261 e. The van der Waals surface area contributed by atoms with Crippen molar-refractivity contribution in [3.63, 3.8) is 0 Å². The van der Waals surface area contributed by atoms with E-state index in [1.54, 1.807) is 48.1 Å². The molecular weight excluding hydrogens is 487 g/mol. The highest BCUT2D eigenvalue weighted by atomic mass is 35.5. The highest BCUT2D eigenvalue weighted by molar-refractivity contribution is 6.39. The lowest BCUT2D eigenvalue weighted by Crippen LogP contribution is -2.17. The molecule has 3 heterocycles. The summed E-state index contributed by atoms with van der Waals surface area (Å²) in [7, 11) is 1.77. The van der Waals surface area contributed by atoms with Gasteiger partial charge < -0.3 is 19.9 Å². The van der Waals surface area contributed by atoms with Gasteiger partial charge in [-0.15, -0.1) is 0 Å². The monoisotopic (exact) mass is 502 g/mol. The third-order valence-electron chi connectivity index (χ3n) is 5.95. The molecule has 3 aromatic carbocycles. The van der Waals surface area contributed by atoms with Crippen LogP contribution in [0.4, 0.5) is 11.6 Å². The van der Waals surface area contributed by atoms with E-state index in [2.05, 4.69) is 25.3 Å². The molecule has 10 heteroatoms. The van der Waals surface area contributed by atoms with Gasteiger partial charge in [0.1, 0.15) is 0 Å². The fraction of sp³-hybridized carbons (Fsp3) is 0.0400. The van der Waals surface area contributed by atoms with Crippen molar-refractivity contribution in [1.29, 1.82) is 0 Å². The van der Waals surface area contributed by atoms with Crippen molar-refractivity contribution in [1.82, 2.24) is 24.5 Å². The second-order valence-electron chi connectivity index (χ2n) is 8.04. The molecule has 0 atom stereocenters. The molecule has 0 aliphatic carbocycles. The second kappa shape index (κ2) is 7.97. The van der Waals surface area contributed by atoms with Gasteiger partial charge in [0.05, 0.1) is 43.2 Å². The van der Waals surface area contributed by atoms with Gasteiger partial charge in [-0.2, -0.15) is 0 Å². The number of anilines is 2. The average molecular weight is 503 g/mol. The number of imidazole rings is 1. The van der Waals surface area contributed by atoms with E-state index in [0.717, 1.165) is 10.9 Å². The second-order valence-corrected chi connectivity index (χ2v) is 8.85. The topological polar surface area (TPSA) is 108 Å². The van der Waals surface area contributed by atoms with Gasteiger partial charge in [-0.25, -0.2) is 9.97 Å². The molecule has 0 bridgehead atoms. The van der Waals surface area contributed by atoms with E-state index >= 15 is 0 Å². The predicted molar refractivity (Wildman–Crippen MR) is 138 cm³/mol. The summed E-state index contributed by atoms with van der Waals surface area (Å²) in [6.07, 6.45) is 1.62. The van der Waals surface area contributed by atoms with E-state index in [9.17, 15) is 9.59 Å². The lowest BCUT2D eigenvalue weighted by molar-refractivity contribution is 0.103. The summed E-state index contributed by atoms with van der Waals surface area (Å²) in [5.41, 5.74) is 2.87. The first-order valence-electron chi connectivity index (χ1n) is 10.6. The van der Waals surface area contributed by atoms with Gasteiger partial charge >= 0.3 is 0 Å². The van der Waals surface area contributed by atoms with Crippen LogP contribution < -0.4 is 10.9 Å². The normalized spacial score (nSPS) is 11.5. The number of fused-ring (bicyclic) bond motifs is 4. The lowest BCUT2D eigenvalue weighted by Gasteiger charge is -2.10. The smallest absolute Gasteiger partial charge is 0.261 e. The van der Waals surface area contributed by atoms with Crippen molar-refractivity contribution in [2.75, 3.05) is 5.32 Å².